The van der Waals surface area contributed by atoms with Crippen molar-refractivity contribution in [2.45, 2.75) is 6.04 Å². The summed E-state index contributed by atoms with van der Waals surface area (Å²) in [6, 6.07) is 1.34. The van der Waals surface area contributed by atoms with Crippen LogP contribution in [0.25, 0.3) is 0 Å². The number of carbonyl (C=O) groups is 1. The third-order valence-electron chi connectivity index (χ3n) is 2.10. The van der Waals surface area contributed by atoms with Crippen molar-refractivity contribution < 1.29 is 18.3 Å². The number of alkyl carbamates (subject to hydrolysis) is 1. The lowest BCUT2D eigenvalue weighted by Gasteiger charge is -2.10. The van der Waals surface area contributed by atoms with Crippen LogP contribution in [0.2, 0.25) is 5.02 Å². The Morgan fingerprint density at radius 3 is 2.80 bits per heavy atom. The van der Waals surface area contributed by atoms with Crippen molar-refractivity contribution in [2.75, 3.05) is 6.61 Å². The van der Waals surface area contributed by atoms with Crippen LogP contribution in [0.5, 0.6) is 0 Å². The van der Waals surface area contributed by atoms with Gasteiger partial charge in [-0.05, 0) is 12.1 Å². The van der Waals surface area contributed by atoms with Crippen molar-refractivity contribution in [2.24, 2.45) is 0 Å². The first-order valence-electron chi connectivity index (χ1n) is 4.16. The molecule has 1 aromatic carbocycles. The molecule has 1 unspecified atom stereocenters. The van der Waals surface area contributed by atoms with Crippen molar-refractivity contribution in [3.05, 3.63) is 34.4 Å². The molecule has 1 aromatic rings. The molecule has 0 bridgehead atoms. The lowest BCUT2D eigenvalue weighted by Crippen LogP contribution is -2.20. The number of benzene rings is 1. The molecule has 1 N–H and O–H groups in total. The van der Waals surface area contributed by atoms with E-state index in [1.807, 2.05) is 0 Å². The molecular weight excluding hydrogens is 228 g/mol. The number of nitrogens with one attached hydrogen (secondary N) is 1. The van der Waals surface area contributed by atoms with Crippen molar-refractivity contribution in [1.82, 2.24) is 5.32 Å². The number of rotatable bonds is 1. The lowest BCUT2D eigenvalue weighted by atomic mass is 10.1. The highest BCUT2D eigenvalue weighted by Crippen LogP contribution is 2.28. The Hall–Kier alpha value is -1.36. The smallest absolute Gasteiger partial charge is 0.407 e. The molecule has 2 rings (SSSR count). The Balaban J connectivity index is 2.43. The van der Waals surface area contributed by atoms with Crippen LogP contribution in [0, 0.1) is 11.6 Å². The molecule has 0 spiro atoms. The first-order valence-corrected chi connectivity index (χ1v) is 4.54. The minimum atomic E-state index is -0.868. The fraction of sp³-hybridized carbons (Fsp3) is 0.222. The summed E-state index contributed by atoms with van der Waals surface area (Å²) in [5, 5.41) is 2.09. The van der Waals surface area contributed by atoms with Crippen LogP contribution in [-0.2, 0) is 4.74 Å². The van der Waals surface area contributed by atoms with Gasteiger partial charge in [0, 0.05) is 0 Å². The van der Waals surface area contributed by atoms with Gasteiger partial charge >= 0.3 is 6.09 Å². The van der Waals surface area contributed by atoms with Crippen molar-refractivity contribution >= 4 is 17.7 Å². The van der Waals surface area contributed by atoms with E-state index < -0.39 is 23.8 Å². The molecule has 1 saturated heterocycles. The summed E-state index contributed by atoms with van der Waals surface area (Å²) >= 11 is 5.51. The topological polar surface area (TPSA) is 38.3 Å². The van der Waals surface area contributed by atoms with E-state index in [0.717, 1.165) is 12.1 Å². The highest BCUT2D eigenvalue weighted by atomic mass is 35.5. The summed E-state index contributed by atoms with van der Waals surface area (Å²) < 4.78 is 31.3. The second-order valence-electron chi connectivity index (χ2n) is 3.05. The molecule has 15 heavy (non-hydrogen) atoms. The second-order valence-corrected chi connectivity index (χ2v) is 3.46. The van der Waals surface area contributed by atoms with Gasteiger partial charge in [-0.25, -0.2) is 13.6 Å². The van der Waals surface area contributed by atoms with Gasteiger partial charge in [0.05, 0.1) is 16.6 Å². The maximum Gasteiger partial charge on any atom is 0.407 e. The van der Waals surface area contributed by atoms with Gasteiger partial charge in [0.1, 0.15) is 18.2 Å². The van der Waals surface area contributed by atoms with Crippen molar-refractivity contribution in [1.29, 1.82) is 0 Å². The van der Waals surface area contributed by atoms with Crippen molar-refractivity contribution in [3.8, 4) is 0 Å². The van der Waals surface area contributed by atoms with Crippen LogP contribution < -0.4 is 5.32 Å². The molecule has 1 fully saturated rings. The van der Waals surface area contributed by atoms with Crippen LogP contribution in [0.3, 0.4) is 0 Å². The normalized spacial score (nSPS) is 19.9. The standard InChI is InChI=1S/C9H6ClF2NO2/c10-4-1-2-5(11)7(8(4)12)6-3-15-9(14)13-6/h1-2,6H,3H2,(H,13,14). The Morgan fingerprint density at radius 2 is 2.20 bits per heavy atom. The van der Waals surface area contributed by atoms with E-state index in [1.54, 1.807) is 0 Å². The summed E-state index contributed by atoms with van der Waals surface area (Å²) in [6.07, 6.45) is -0.696. The Kier molecular flexibility index (Phi) is 2.48. The van der Waals surface area contributed by atoms with Crippen LogP contribution in [0.1, 0.15) is 11.6 Å². The van der Waals surface area contributed by atoms with E-state index in [9.17, 15) is 13.6 Å². The Morgan fingerprint density at radius 1 is 1.47 bits per heavy atom. The number of amides is 1. The second kappa shape index (κ2) is 3.66. The summed E-state index contributed by atoms with van der Waals surface area (Å²) in [5.41, 5.74) is -0.270. The molecule has 0 saturated carbocycles. The first kappa shape index (κ1) is 10.2. The van der Waals surface area contributed by atoms with Gasteiger partial charge in [-0.3, -0.25) is 0 Å². The summed E-state index contributed by atoms with van der Waals surface area (Å²) in [7, 11) is 0. The molecule has 0 aromatic heterocycles. The Labute approximate surface area is 89.0 Å². The van der Waals surface area contributed by atoms with Gasteiger partial charge in [-0.1, -0.05) is 11.6 Å². The number of hydrogen-bond acceptors (Lipinski definition) is 2. The molecule has 0 radical (unpaired) electrons. The van der Waals surface area contributed by atoms with Gasteiger partial charge in [0.2, 0.25) is 0 Å². The van der Waals surface area contributed by atoms with Gasteiger partial charge in [0.15, 0.2) is 0 Å². The van der Waals surface area contributed by atoms with Gasteiger partial charge in [-0.2, -0.15) is 0 Å². The quantitative estimate of drug-likeness (QED) is 0.757. The van der Waals surface area contributed by atoms with Crippen LogP contribution in [-0.4, -0.2) is 12.7 Å². The zero-order valence-electron chi connectivity index (χ0n) is 7.39. The zero-order chi connectivity index (χ0) is 11.0. The van der Waals surface area contributed by atoms with E-state index in [1.165, 1.54) is 0 Å². The SMILES string of the molecule is O=C1NC(c2c(F)ccc(Cl)c2F)CO1. The lowest BCUT2D eigenvalue weighted by molar-refractivity contribution is 0.176. The third-order valence-corrected chi connectivity index (χ3v) is 2.39. The maximum absolute atomic E-state index is 13.5. The number of carbonyl (C=O) groups excluding carboxylic acids is 1. The van der Waals surface area contributed by atoms with E-state index in [4.69, 9.17) is 11.6 Å². The zero-order valence-corrected chi connectivity index (χ0v) is 8.15. The fourth-order valence-corrected chi connectivity index (χ4v) is 1.57. The molecule has 1 heterocycles. The average molecular weight is 234 g/mol. The largest absolute Gasteiger partial charge is 0.447 e. The molecule has 1 atom stereocenters. The molecule has 1 aliphatic heterocycles. The summed E-state index contributed by atoms with van der Waals surface area (Å²) in [4.78, 5) is 10.7. The van der Waals surface area contributed by atoms with Crippen molar-refractivity contribution in [3.63, 3.8) is 0 Å². The third kappa shape index (κ3) is 1.74. The molecule has 1 amide bonds. The van der Waals surface area contributed by atoms with Crippen LogP contribution in [0.15, 0.2) is 12.1 Å². The number of ether oxygens (including phenoxy) is 1. The highest BCUT2D eigenvalue weighted by Gasteiger charge is 2.29. The van der Waals surface area contributed by atoms with E-state index >= 15 is 0 Å². The fourth-order valence-electron chi connectivity index (χ4n) is 1.40. The molecule has 80 valence electrons. The molecule has 6 heteroatoms. The maximum atomic E-state index is 13.5. The summed E-state index contributed by atoms with van der Waals surface area (Å²) in [6.45, 7) is -0.104. The molecule has 1 aliphatic rings. The minimum absolute atomic E-state index is 0.104. The number of halogens is 3. The molecule has 0 aliphatic carbocycles. The number of cyclic esters (lactones) is 1. The van der Waals surface area contributed by atoms with E-state index in [2.05, 4.69) is 10.1 Å². The average Bonchev–Trinajstić information content (AvgIpc) is 2.59. The first-order chi connectivity index (χ1) is 7.09. The summed E-state index contributed by atoms with van der Waals surface area (Å²) in [5.74, 6) is -1.62. The van der Waals surface area contributed by atoms with E-state index in [-0.39, 0.29) is 17.2 Å². The Bertz CT molecular complexity index is 425. The highest BCUT2D eigenvalue weighted by molar-refractivity contribution is 6.30. The number of hydrogen-bond donors (Lipinski definition) is 1. The van der Waals surface area contributed by atoms with Gasteiger partial charge in [0.25, 0.3) is 0 Å². The predicted molar refractivity (Wildman–Crippen MR) is 48.6 cm³/mol. The molecule has 3 nitrogen and oxygen atoms in total. The predicted octanol–water partition coefficient (Wildman–Crippen LogP) is 2.40. The monoisotopic (exact) mass is 233 g/mol. The minimum Gasteiger partial charge on any atom is -0.447 e. The van der Waals surface area contributed by atoms with Crippen LogP contribution >= 0.6 is 11.6 Å². The van der Waals surface area contributed by atoms with Gasteiger partial charge in [-0.15, -0.1) is 0 Å². The van der Waals surface area contributed by atoms with Gasteiger partial charge < -0.3 is 10.1 Å². The van der Waals surface area contributed by atoms with Crippen LogP contribution in [0.4, 0.5) is 13.6 Å². The molecular formula is C9H6ClF2NO2. The van der Waals surface area contributed by atoms with E-state index in [0.29, 0.717) is 0 Å².